The van der Waals surface area contributed by atoms with E-state index in [2.05, 4.69) is 9.97 Å². The molecule has 5 nitrogen and oxygen atoms in total. The standard InChI is InChI=1S/C19H13ClN4OS/c20-17-15(8-3-12-2-1-9-22-10-12)23-19-24(18(17)25)16(11-26-19)13-4-6-14(21)7-5-13/h1-11H,21H2/b8-3+. The number of nitrogens with two attached hydrogens (primary N) is 1. The van der Waals surface area contributed by atoms with Crippen LogP contribution < -0.4 is 11.3 Å². The molecule has 0 bridgehead atoms. The van der Waals surface area contributed by atoms with Crippen LogP contribution in [0.15, 0.2) is 59.0 Å². The molecule has 4 rings (SSSR count). The zero-order valence-electron chi connectivity index (χ0n) is 13.5. The molecule has 0 fully saturated rings. The minimum atomic E-state index is -0.296. The van der Waals surface area contributed by atoms with Gasteiger partial charge in [-0.15, -0.1) is 11.3 Å². The third kappa shape index (κ3) is 3.00. The summed E-state index contributed by atoms with van der Waals surface area (Å²) in [7, 11) is 0. The van der Waals surface area contributed by atoms with Gasteiger partial charge in [0.15, 0.2) is 4.96 Å². The van der Waals surface area contributed by atoms with Crippen LogP contribution in [0.5, 0.6) is 0 Å². The van der Waals surface area contributed by atoms with E-state index in [1.807, 2.05) is 35.7 Å². The fourth-order valence-electron chi connectivity index (χ4n) is 2.56. The summed E-state index contributed by atoms with van der Waals surface area (Å²) in [6.45, 7) is 0. The number of anilines is 1. The second-order valence-corrected chi connectivity index (χ2v) is 6.81. The largest absolute Gasteiger partial charge is 0.399 e. The molecule has 0 aliphatic heterocycles. The van der Waals surface area contributed by atoms with Gasteiger partial charge in [0.25, 0.3) is 5.56 Å². The third-order valence-electron chi connectivity index (χ3n) is 3.86. The molecule has 0 saturated heterocycles. The summed E-state index contributed by atoms with van der Waals surface area (Å²) < 4.78 is 1.53. The third-order valence-corrected chi connectivity index (χ3v) is 5.05. The van der Waals surface area contributed by atoms with E-state index in [0.717, 1.165) is 16.8 Å². The van der Waals surface area contributed by atoms with Crippen molar-refractivity contribution in [1.29, 1.82) is 0 Å². The number of nitrogen functional groups attached to an aromatic ring is 1. The predicted octanol–water partition coefficient (Wildman–Crippen LogP) is 4.22. The Morgan fingerprint density at radius 2 is 1.96 bits per heavy atom. The van der Waals surface area contributed by atoms with Gasteiger partial charge < -0.3 is 5.73 Å². The lowest BCUT2D eigenvalue weighted by Crippen LogP contribution is -2.16. The molecule has 0 atom stereocenters. The lowest BCUT2D eigenvalue weighted by atomic mass is 10.1. The highest BCUT2D eigenvalue weighted by molar-refractivity contribution is 7.15. The van der Waals surface area contributed by atoms with E-state index in [-0.39, 0.29) is 10.6 Å². The Morgan fingerprint density at radius 3 is 2.69 bits per heavy atom. The van der Waals surface area contributed by atoms with Gasteiger partial charge in [-0.05, 0) is 35.4 Å². The maximum Gasteiger partial charge on any atom is 0.278 e. The molecule has 0 aliphatic carbocycles. The van der Waals surface area contributed by atoms with Crippen molar-refractivity contribution in [2.75, 3.05) is 5.73 Å². The molecule has 2 N–H and O–H groups in total. The molecule has 7 heteroatoms. The Hall–Kier alpha value is -2.96. The van der Waals surface area contributed by atoms with Crippen molar-refractivity contribution < 1.29 is 0 Å². The van der Waals surface area contributed by atoms with Gasteiger partial charge in [-0.3, -0.25) is 9.78 Å². The van der Waals surface area contributed by atoms with Gasteiger partial charge >= 0.3 is 0 Å². The molecule has 0 radical (unpaired) electrons. The number of rotatable bonds is 3. The van der Waals surface area contributed by atoms with Crippen molar-refractivity contribution in [2.45, 2.75) is 0 Å². The molecule has 0 saturated carbocycles. The van der Waals surface area contributed by atoms with Crippen LogP contribution in [-0.4, -0.2) is 14.4 Å². The highest BCUT2D eigenvalue weighted by atomic mass is 35.5. The fraction of sp³-hybridized carbons (Fsp3) is 0. The Balaban J connectivity index is 1.82. The minimum Gasteiger partial charge on any atom is -0.399 e. The zero-order valence-corrected chi connectivity index (χ0v) is 15.0. The predicted molar refractivity (Wildman–Crippen MR) is 107 cm³/mol. The van der Waals surface area contributed by atoms with Gasteiger partial charge in [-0.1, -0.05) is 35.9 Å². The summed E-state index contributed by atoms with van der Waals surface area (Å²) in [5.74, 6) is 0. The van der Waals surface area contributed by atoms with Crippen molar-refractivity contribution in [2.24, 2.45) is 0 Å². The first-order valence-electron chi connectivity index (χ1n) is 7.77. The fourth-order valence-corrected chi connectivity index (χ4v) is 3.65. The molecule has 1 aromatic carbocycles. The summed E-state index contributed by atoms with van der Waals surface area (Å²) >= 11 is 7.69. The quantitative estimate of drug-likeness (QED) is 0.540. The average Bonchev–Trinajstić information content (AvgIpc) is 3.09. The molecule has 3 aromatic heterocycles. The molecule has 26 heavy (non-hydrogen) atoms. The number of benzene rings is 1. The normalized spacial score (nSPS) is 11.4. The van der Waals surface area contributed by atoms with Crippen LogP contribution in [0, 0.1) is 0 Å². The highest BCUT2D eigenvalue weighted by Crippen LogP contribution is 2.26. The van der Waals surface area contributed by atoms with E-state index in [4.69, 9.17) is 17.3 Å². The topological polar surface area (TPSA) is 73.3 Å². The lowest BCUT2D eigenvalue weighted by molar-refractivity contribution is 1.08. The first-order valence-corrected chi connectivity index (χ1v) is 9.03. The Kier molecular flexibility index (Phi) is 4.28. The Labute approximate surface area is 158 Å². The molecule has 4 aromatic rings. The van der Waals surface area contributed by atoms with Crippen LogP contribution in [-0.2, 0) is 0 Å². The van der Waals surface area contributed by atoms with Gasteiger partial charge in [0.05, 0.1) is 11.4 Å². The van der Waals surface area contributed by atoms with Crippen LogP contribution in [0.3, 0.4) is 0 Å². The van der Waals surface area contributed by atoms with E-state index in [1.165, 1.54) is 15.7 Å². The van der Waals surface area contributed by atoms with Crippen molar-refractivity contribution in [1.82, 2.24) is 14.4 Å². The number of nitrogens with zero attached hydrogens (tertiary/aromatic N) is 3. The van der Waals surface area contributed by atoms with Gasteiger partial charge in [0, 0.05) is 23.5 Å². The summed E-state index contributed by atoms with van der Waals surface area (Å²) in [4.78, 5) is 22.0. The molecular weight excluding hydrogens is 368 g/mol. The molecule has 0 unspecified atom stereocenters. The van der Waals surface area contributed by atoms with Crippen molar-refractivity contribution in [3.63, 3.8) is 0 Å². The summed E-state index contributed by atoms with van der Waals surface area (Å²) in [6.07, 6.45) is 6.97. The molecule has 0 amide bonds. The number of pyridine rings is 1. The first kappa shape index (κ1) is 16.5. The molecule has 0 aliphatic rings. The van der Waals surface area contributed by atoms with Crippen LogP contribution in [0.1, 0.15) is 11.3 Å². The number of fused-ring (bicyclic) bond motifs is 1. The summed E-state index contributed by atoms with van der Waals surface area (Å²) in [5.41, 5.74) is 9.07. The number of hydrogen-bond donors (Lipinski definition) is 1. The van der Waals surface area contributed by atoms with E-state index < -0.39 is 0 Å². The minimum absolute atomic E-state index is 0.0812. The van der Waals surface area contributed by atoms with E-state index in [9.17, 15) is 4.79 Å². The van der Waals surface area contributed by atoms with Crippen LogP contribution in [0.4, 0.5) is 5.69 Å². The summed E-state index contributed by atoms with van der Waals surface area (Å²) in [5, 5.41) is 1.97. The number of halogens is 1. The van der Waals surface area contributed by atoms with Gasteiger partial charge in [-0.25, -0.2) is 9.38 Å². The van der Waals surface area contributed by atoms with Crippen molar-refractivity contribution in [3.8, 4) is 11.3 Å². The monoisotopic (exact) mass is 380 g/mol. The maximum absolute atomic E-state index is 12.8. The smallest absolute Gasteiger partial charge is 0.278 e. The van der Waals surface area contributed by atoms with Crippen LogP contribution in [0.2, 0.25) is 5.02 Å². The first-order chi connectivity index (χ1) is 12.6. The second kappa shape index (κ2) is 6.74. The molecule has 3 heterocycles. The average molecular weight is 381 g/mol. The van der Waals surface area contributed by atoms with E-state index in [1.54, 1.807) is 30.6 Å². The van der Waals surface area contributed by atoms with E-state index in [0.29, 0.717) is 16.3 Å². The number of thiazole rings is 1. The SMILES string of the molecule is Nc1ccc(-c2csc3nc(/C=C/c4cccnc4)c(Cl)c(=O)n23)cc1. The Morgan fingerprint density at radius 1 is 1.15 bits per heavy atom. The van der Waals surface area contributed by atoms with Crippen LogP contribution >= 0.6 is 22.9 Å². The zero-order chi connectivity index (χ0) is 18.1. The molecule has 128 valence electrons. The van der Waals surface area contributed by atoms with Crippen molar-refractivity contribution in [3.05, 3.63) is 80.8 Å². The van der Waals surface area contributed by atoms with E-state index >= 15 is 0 Å². The van der Waals surface area contributed by atoms with Gasteiger partial charge in [0.1, 0.15) is 5.02 Å². The van der Waals surface area contributed by atoms with Gasteiger partial charge in [0.2, 0.25) is 0 Å². The Bertz CT molecular complexity index is 1160. The highest BCUT2D eigenvalue weighted by Gasteiger charge is 2.14. The van der Waals surface area contributed by atoms with Crippen LogP contribution in [0.25, 0.3) is 28.4 Å². The molecule has 0 spiro atoms. The van der Waals surface area contributed by atoms with Gasteiger partial charge in [-0.2, -0.15) is 0 Å². The summed E-state index contributed by atoms with van der Waals surface area (Å²) in [6, 6.07) is 11.1. The maximum atomic E-state index is 12.8. The number of hydrogen-bond acceptors (Lipinski definition) is 5. The second-order valence-electron chi connectivity index (χ2n) is 5.60. The lowest BCUT2D eigenvalue weighted by Gasteiger charge is -2.04. The number of aromatic nitrogens is 3. The molecular formula is C19H13ClN4OS. The van der Waals surface area contributed by atoms with Crippen molar-refractivity contribution >= 4 is 45.7 Å².